The number of carbonyl (C=O) groups is 3. The van der Waals surface area contributed by atoms with E-state index in [1.807, 2.05) is 19.1 Å². The predicted octanol–water partition coefficient (Wildman–Crippen LogP) is 3.81. The van der Waals surface area contributed by atoms with E-state index in [-0.39, 0.29) is 30.4 Å². The van der Waals surface area contributed by atoms with E-state index in [1.54, 1.807) is 6.07 Å². The van der Waals surface area contributed by atoms with E-state index in [0.29, 0.717) is 9.75 Å². The highest BCUT2D eigenvalue weighted by Gasteiger charge is 2.17. The second kappa shape index (κ2) is 8.60. The van der Waals surface area contributed by atoms with E-state index < -0.39 is 0 Å². The summed E-state index contributed by atoms with van der Waals surface area (Å²) in [5.74, 6) is -0.707. The average Bonchev–Trinajstić information content (AvgIpc) is 3.18. The third-order valence-corrected chi connectivity index (χ3v) is 6.66. The van der Waals surface area contributed by atoms with Crippen molar-refractivity contribution in [2.75, 3.05) is 0 Å². The Morgan fingerprint density at radius 3 is 2.54 bits per heavy atom. The van der Waals surface area contributed by atoms with Crippen molar-refractivity contribution in [3.8, 4) is 0 Å². The maximum atomic E-state index is 12.2. The van der Waals surface area contributed by atoms with Crippen LogP contribution < -0.4 is 10.9 Å². The quantitative estimate of drug-likeness (QED) is 0.463. The van der Waals surface area contributed by atoms with Gasteiger partial charge >= 0.3 is 0 Å². The lowest BCUT2D eigenvalue weighted by atomic mass is 10.1. The van der Waals surface area contributed by atoms with Gasteiger partial charge in [-0.25, -0.2) is 0 Å². The lowest BCUT2D eigenvalue weighted by Gasteiger charge is -2.05. The molecule has 2 amide bonds. The third-order valence-electron chi connectivity index (χ3n) is 4.38. The summed E-state index contributed by atoms with van der Waals surface area (Å²) in [5.41, 5.74) is 6.12. The van der Waals surface area contributed by atoms with Crippen molar-refractivity contribution in [3.63, 3.8) is 0 Å². The molecule has 0 aromatic carbocycles. The van der Waals surface area contributed by atoms with Gasteiger partial charge in [-0.15, -0.1) is 22.7 Å². The first-order valence-corrected chi connectivity index (χ1v) is 10.5. The van der Waals surface area contributed by atoms with E-state index in [4.69, 9.17) is 0 Å². The number of ketones is 1. The fourth-order valence-electron chi connectivity index (χ4n) is 2.96. The smallest absolute Gasteiger partial charge is 0.279 e. The van der Waals surface area contributed by atoms with Gasteiger partial charge in [-0.1, -0.05) is 6.42 Å². The van der Waals surface area contributed by atoms with Crippen LogP contribution in [0.2, 0.25) is 0 Å². The number of nitrogens with one attached hydrogen (secondary N) is 2. The molecule has 2 aromatic rings. The van der Waals surface area contributed by atoms with Crippen molar-refractivity contribution < 1.29 is 14.4 Å². The molecular weight excluding hydrogens is 368 g/mol. The number of hydrogen-bond donors (Lipinski definition) is 2. The Balaban J connectivity index is 1.45. The molecule has 0 fully saturated rings. The molecule has 0 spiro atoms. The summed E-state index contributed by atoms with van der Waals surface area (Å²) < 4.78 is 0. The van der Waals surface area contributed by atoms with Crippen LogP contribution in [0.3, 0.4) is 0 Å². The molecule has 0 bridgehead atoms. The zero-order valence-corrected chi connectivity index (χ0v) is 16.4. The van der Waals surface area contributed by atoms with E-state index in [1.165, 1.54) is 52.4 Å². The van der Waals surface area contributed by atoms with Crippen LogP contribution in [0.25, 0.3) is 0 Å². The number of hydrazine groups is 1. The number of amides is 2. The van der Waals surface area contributed by atoms with Crippen LogP contribution in [0.5, 0.6) is 0 Å². The van der Waals surface area contributed by atoms with Crippen LogP contribution in [-0.2, 0) is 17.6 Å². The lowest BCUT2D eigenvalue weighted by Crippen LogP contribution is -2.41. The van der Waals surface area contributed by atoms with Crippen LogP contribution in [-0.4, -0.2) is 17.6 Å². The van der Waals surface area contributed by atoms with Gasteiger partial charge < -0.3 is 0 Å². The minimum absolute atomic E-state index is 0.0495. The first kappa shape index (κ1) is 18.8. The molecular formula is C19H22N2O3S2. The van der Waals surface area contributed by atoms with Crippen LogP contribution in [0.1, 0.15) is 66.8 Å². The zero-order valence-electron chi connectivity index (χ0n) is 14.7. The number of aryl methyl sites for hydroxylation is 3. The average molecular weight is 391 g/mol. The van der Waals surface area contributed by atoms with E-state index in [0.717, 1.165) is 17.7 Å². The molecule has 2 N–H and O–H groups in total. The third kappa shape index (κ3) is 4.80. The fraction of sp³-hybridized carbons (Fsp3) is 0.421. The van der Waals surface area contributed by atoms with Crippen LogP contribution >= 0.6 is 22.7 Å². The second-order valence-electron chi connectivity index (χ2n) is 6.46. The van der Waals surface area contributed by atoms with Gasteiger partial charge in [-0.05, 0) is 56.4 Å². The van der Waals surface area contributed by atoms with Crippen molar-refractivity contribution >= 4 is 40.3 Å². The number of Topliss-reactive ketones (excluding diaryl/α,β-unsaturated/α-hetero) is 1. The molecule has 2 aromatic heterocycles. The lowest BCUT2D eigenvalue weighted by molar-refractivity contribution is -0.121. The van der Waals surface area contributed by atoms with Gasteiger partial charge in [0.15, 0.2) is 5.78 Å². The highest BCUT2D eigenvalue weighted by atomic mass is 32.1. The maximum Gasteiger partial charge on any atom is 0.279 e. The topological polar surface area (TPSA) is 75.3 Å². The molecule has 1 aliphatic rings. The minimum atomic E-state index is -0.363. The van der Waals surface area contributed by atoms with Gasteiger partial charge in [0.2, 0.25) is 5.91 Å². The van der Waals surface area contributed by atoms with E-state index >= 15 is 0 Å². The number of hydrogen-bond acceptors (Lipinski definition) is 5. The maximum absolute atomic E-state index is 12.2. The van der Waals surface area contributed by atoms with Crippen LogP contribution in [0, 0.1) is 6.92 Å². The van der Waals surface area contributed by atoms with Gasteiger partial charge in [0, 0.05) is 22.6 Å². The van der Waals surface area contributed by atoms with Gasteiger partial charge in [0.25, 0.3) is 5.91 Å². The first-order valence-electron chi connectivity index (χ1n) is 8.83. The summed E-state index contributed by atoms with van der Waals surface area (Å²) in [6.07, 6.45) is 5.82. The van der Waals surface area contributed by atoms with Crippen molar-refractivity contribution in [2.24, 2.45) is 0 Å². The summed E-state index contributed by atoms with van der Waals surface area (Å²) in [6, 6.07) is 5.61. The van der Waals surface area contributed by atoms with Gasteiger partial charge in [-0.2, -0.15) is 0 Å². The van der Waals surface area contributed by atoms with Crippen molar-refractivity contribution in [1.82, 2.24) is 10.9 Å². The molecule has 26 heavy (non-hydrogen) atoms. The van der Waals surface area contributed by atoms with Crippen molar-refractivity contribution in [3.05, 3.63) is 43.3 Å². The molecule has 0 saturated carbocycles. The van der Waals surface area contributed by atoms with Gasteiger partial charge in [0.1, 0.15) is 0 Å². The van der Waals surface area contributed by atoms with Crippen molar-refractivity contribution in [2.45, 2.75) is 51.9 Å². The first-order chi connectivity index (χ1) is 12.5. The molecule has 5 nitrogen and oxygen atoms in total. The summed E-state index contributed by atoms with van der Waals surface area (Å²) in [7, 11) is 0. The molecule has 0 aliphatic heterocycles. The molecule has 7 heteroatoms. The highest BCUT2D eigenvalue weighted by Crippen LogP contribution is 2.28. The van der Waals surface area contributed by atoms with E-state index in [9.17, 15) is 14.4 Å². The SMILES string of the molecule is Cc1ccc(C(=O)CCC(=O)NNC(=O)c2cc3c(s2)CCCCC3)s1. The predicted molar refractivity (Wildman–Crippen MR) is 104 cm³/mol. The molecule has 3 rings (SSSR count). The van der Waals surface area contributed by atoms with Gasteiger partial charge in [-0.3, -0.25) is 25.2 Å². The number of rotatable bonds is 5. The van der Waals surface area contributed by atoms with Gasteiger partial charge in [0.05, 0.1) is 9.75 Å². The molecule has 1 aliphatic carbocycles. The number of carbonyl (C=O) groups excluding carboxylic acids is 3. The number of thiophene rings is 2. The van der Waals surface area contributed by atoms with Crippen LogP contribution in [0.4, 0.5) is 0 Å². The Bertz CT molecular complexity index is 799. The normalized spacial score (nSPS) is 13.6. The molecule has 138 valence electrons. The monoisotopic (exact) mass is 390 g/mol. The zero-order chi connectivity index (χ0) is 18.5. The molecule has 0 radical (unpaired) electrons. The Morgan fingerprint density at radius 2 is 1.77 bits per heavy atom. The Labute approximate surface area is 160 Å². The Morgan fingerprint density at radius 1 is 0.962 bits per heavy atom. The summed E-state index contributed by atoms with van der Waals surface area (Å²) >= 11 is 2.94. The fourth-order valence-corrected chi connectivity index (χ4v) is 4.95. The molecule has 0 saturated heterocycles. The summed E-state index contributed by atoms with van der Waals surface area (Å²) in [6.45, 7) is 1.94. The number of fused-ring (bicyclic) bond motifs is 1. The Kier molecular flexibility index (Phi) is 6.21. The molecule has 2 heterocycles. The molecule has 0 atom stereocenters. The Hall–Kier alpha value is -1.99. The van der Waals surface area contributed by atoms with Crippen molar-refractivity contribution in [1.29, 1.82) is 0 Å². The summed E-state index contributed by atoms with van der Waals surface area (Å²) in [4.78, 5) is 39.8. The highest BCUT2D eigenvalue weighted by molar-refractivity contribution is 7.14. The standard InChI is InChI=1S/C19H22N2O3S2/c1-12-7-9-16(25-12)14(22)8-10-18(23)20-21-19(24)17-11-13-5-3-2-4-6-15(13)26-17/h7,9,11H,2-6,8,10H2,1H3,(H,20,23)(H,21,24). The van der Waals surface area contributed by atoms with E-state index in [2.05, 4.69) is 10.9 Å². The second-order valence-corrected chi connectivity index (χ2v) is 8.88. The largest absolute Gasteiger partial charge is 0.293 e. The van der Waals surface area contributed by atoms with Crippen LogP contribution in [0.15, 0.2) is 18.2 Å². The molecule has 0 unspecified atom stereocenters. The summed E-state index contributed by atoms with van der Waals surface area (Å²) in [5, 5.41) is 0. The minimum Gasteiger partial charge on any atom is -0.293 e.